The fourth-order valence-corrected chi connectivity index (χ4v) is 3.23. The van der Waals surface area contributed by atoms with Gasteiger partial charge in [-0.3, -0.25) is 9.69 Å². The van der Waals surface area contributed by atoms with E-state index in [2.05, 4.69) is 35.9 Å². The number of carbonyl (C=O) groups excluding carboxylic acids is 1. The summed E-state index contributed by atoms with van der Waals surface area (Å²) in [4.78, 5) is 16.8. The van der Waals surface area contributed by atoms with Crippen LogP contribution in [-0.4, -0.2) is 61.0 Å². The highest BCUT2D eigenvalue weighted by atomic mass is 16.2. The van der Waals surface area contributed by atoms with Gasteiger partial charge in [-0.15, -0.1) is 0 Å². The van der Waals surface area contributed by atoms with Gasteiger partial charge in [-0.25, -0.2) is 0 Å². The molecule has 1 N–H and O–H groups in total. The number of rotatable bonds is 8. The molecule has 122 valence electrons. The molecule has 0 atom stereocenters. The number of likely N-dealkylation sites (N-methyl/N-ethyl adjacent to an activating group) is 1. The second-order valence-corrected chi connectivity index (χ2v) is 7.18. The van der Waals surface area contributed by atoms with Crippen LogP contribution in [0, 0.1) is 11.8 Å². The Balaban J connectivity index is 1.63. The molecule has 1 saturated heterocycles. The second kappa shape index (κ2) is 8.14. The van der Waals surface area contributed by atoms with Crippen LogP contribution in [0.4, 0.5) is 0 Å². The Kier molecular flexibility index (Phi) is 6.49. The number of amides is 1. The Morgan fingerprint density at radius 2 is 1.90 bits per heavy atom. The Morgan fingerprint density at radius 1 is 1.24 bits per heavy atom. The number of piperidine rings is 1. The molecule has 0 aromatic rings. The Morgan fingerprint density at radius 3 is 2.43 bits per heavy atom. The molecule has 1 aliphatic heterocycles. The predicted octanol–water partition coefficient (Wildman–Crippen LogP) is 1.95. The zero-order chi connectivity index (χ0) is 15.2. The number of hydrogen-bond donors (Lipinski definition) is 1. The summed E-state index contributed by atoms with van der Waals surface area (Å²) in [5.74, 6) is 1.86. The maximum absolute atomic E-state index is 12.3. The first-order valence-electron chi connectivity index (χ1n) is 8.82. The SMILES string of the molecule is CCN(C(=O)CN1CCC(CNCC(C)C)CC1)C1CC1. The molecule has 0 aromatic carbocycles. The first-order valence-corrected chi connectivity index (χ1v) is 8.82. The highest BCUT2D eigenvalue weighted by Gasteiger charge is 2.32. The third kappa shape index (κ3) is 5.59. The van der Waals surface area contributed by atoms with E-state index in [4.69, 9.17) is 0 Å². The van der Waals surface area contributed by atoms with Gasteiger partial charge in [0.2, 0.25) is 5.91 Å². The maximum atomic E-state index is 12.3. The molecule has 0 radical (unpaired) electrons. The quantitative estimate of drug-likeness (QED) is 0.743. The first-order chi connectivity index (χ1) is 10.1. The van der Waals surface area contributed by atoms with Crippen molar-refractivity contribution in [3.05, 3.63) is 0 Å². The third-order valence-electron chi connectivity index (χ3n) is 4.70. The molecule has 0 aromatic heterocycles. The minimum Gasteiger partial charge on any atom is -0.339 e. The number of likely N-dealkylation sites (tertiary alicyclic amines) is 1. The van der Waals surface area contributed by atoms with Crippen molar-refractivity contribution in [2.75, 3.05) is 39.3 Å². The molecule has 1 heterocycles. The molecule has 1 aliphatic carbocycles. The molecule has 4 nitrogen and oxygen atoms in total. The molecule has 2 rings (SSSR count). The van der Waals surface area contributed by atoms with Gasteiger partial charge < -0.3 is 10.2 Å². The van der Waals surface area contributed by atoms with E-state index in [1.54, 1.807) is 0 Å². The molecule has 21 heavy (non-hydrogen) atoms. The summed E-state index contributed by atoms with van der Waals surface area (Å²) >= 11 is 0. The van der Waals surface area contributed by atoms with Crippen LogP contribution in [0.5, 0.6) is 0 Å². The van der Waals surface area contributed by atoms with E-state index in [0.717, 1.165) is 44.6 Å². The van der Waals surface area contributed by atoms with Crippen LogP contribution in [0.1, 0.15) is 46.5 Å². The van der Waals surface area contributed by atoms with Crippen molar-refractivity contribution in [1.82, 2.24) is 15.1 Å². The van der Waals surface area contributed by atoms with Crippen molar-refractivity contribution in [1.29, 1.82) is 0 Å². The van der Waals surface area contributed by atoms with Gasteiger partial charge in [-0.2, -0.15) is 0 Å². The van der Waals surface area contributed by atoms with Gasteiger partial charge in [0.1, 0.15) is 0 Å². The van der Waals surface area contributed by atoms with Crippen molar-refractivity contribution < 1.29 is 4.79 Å². The summed E-state index contributed by atoms with van der Waals surface area (Å²) in [6.45, 7) is 12.5. The minimum atomic E-state index is 0.344. The molecule has 0 unspecified atom stereocenters. The van der Waals surface area contributed by atoms with Crippen molar-refractivity contribution in [2.24, 2.45) is 11.8 Å². The summed E-state index contributed by atoms with van der Waals surface area (Å²) in [6, 6.07) is 0.556. The molecule has 2 fully saturated rings. The molecule has 0 spiro atoms. The van der Waals surface area contributed by atoms with E-state index in [1.807, 2.05) is 0 Å². The number of hydrogen-bond acceptors (Lipinski definition) is 3. The van der Waals surface area contributed by atoms with Gasteiger partial charge in [0, 0.05) is 12.6 Å². The predicted molar refractivity (Wildman–Crippen MR) is 87.3 cm³/mol. The molecule has 1 amide bonds. The normalized spacial score (nSPS) is 21.0. The van der Waals surface area contributed by atoms with Crippen molar-refractivity contribution in [3.63, 3.8) is 0 Å². The van der Waals surface area contributed by atoms with Crippen LogP contribution in [-0.2, 0) is 4.79 Å². The minimum absolute atomic E-state index is 0.344. The highest BCUT2D eigenvalue weighted by Crippen LogP contribution is 2.27. The smallest absolute Gasteiger partial charge is 0.236 e. The zero-order valence-electron chi connectivity index (χ0n) is 14.1. The average Bonchev–Trinajstić information content (AvgIpc) is 3.26. The van der Waals surface area contributed by atoms with E-state index in [1.165, 1.54) is 25.7 Å². The Hall–Kier alpha value is -0.610. The van der Waals surface area contributed by atoms with Gasteiger partial charge in [-0.1, -0.05) is 13.8 Å². The zero-order valence-corrected chi connectivity index (χ0v) is 14.1. The fourth-order valence-electron chi connectivity index (χ4n) is 3.23. The van der Waals surface area contributed by atoms with Crippen LogP contribution in [0.3, 0.4) is 0 Å². The third-order valence-corrected chi connectivity index (χ3v) is 4.70. The van der Waals surface area contributed by atoms with Crippen molar-refractivity contribution >= 4 is 5.91 Å². The summed E-state index contributed by atoms with van der Waals surface area (Å²) in [7, 11) is 0. The van der Waals surface area contributed by atoms with E-state index in [9.17, 15) is 4.79 Å². The molecule has 4 heteroatoms. The fraction of sp³-hybridized carbons (Fsp3) is 0.941. The Labute approximate surface area is 130 Å². The number of nitrogens with one attached hydrogen (secondary N) is 1. The maximum Gasteiger partial charge on any atom is 0.236 e. The van der Waals surface area contributed by atoms with E-state index >= 15 is 0 Å². The first kappa shape index (κ1) is 16.8. The van der Waals surface area contributed by atoms with Crippen LogP contribution in [0.25, 0.3) is 0 Å². The van der Waals surface area contributed by atoms with Crippen LogP contribution >= 0.6 is 0 Å². The summed E-state index contributed by atoms with van der Waals surface area (Å²) < 4.78 is 0. The summed E-state index contributed by atoms with van der Waals surface area (Å²) in [5, 5.41) is 3.57. The van der Waals surface area contributed by atoms with Gasteiger partial charge in [0.25, 0.3) is 0 Å². The molecule has 0 bridgehead atoms. The molecule has 2 aliphatic rings. The highest BCUT2D eigenvalue weighted by molar-refractivity contribution is 5.78. The largest absolute Gasteiger partial charge is 0.339 e. The average molecular weight is 295 g/mol. The molecular weight excluding hydrogens is 262 g/mol. The van der Waals surface area contributed by atoms with E-state index in [-0.39, 0.29) is 0 Å². The van der Waals surface area contributed by atoms with Gasteiger partial charge >= 0.3 is 0 Å². The number of carbonyl (C=O) groups is 1. The Bertz CT molecular complexity index is 320. The summed E-state index contributed by atoms with van der Waals surface area (Å²) in [5.41, 5.74) is 0. The van der Waals surface area contributed by atoms with Gasteiger partial charge in [-0.05, 0) is 70.6 Å². The lowest BCUT2D eigenvalue weighted by atomic mass is 9.96. The van der Waals surface area contributed by atoms with Crippen LogP contribution in [0.15, 0.2) is 0 Å². The van der Waals surface area contributed by atoms with Crippen molar-refractivity contribution in [2.45, 2.75) is 52.5 Å². The van der Waals surface area contributed by atoms with Crippen LogP contribution < -0.4 is 5.32 Å². The van der Waals surface area contributed by atoms with Gasteiger partial charge in [0.15, 0.2) is 0 Å². The van der Waals surface area contributed by atoms with Crippen molar-refractivity contribution in [3.8, 4) is 0 Å². The van der Waals surface area contributed by atoms with E-state index in [0.29, 0.717) is 18.5 Å². The molecular formula is C17H33N3O. The lowest BCUT2D eigenvalue weighted by Crippen LogP contribution is -2.45. The lowest BCUT2D eigenvalue weighted by molar-refractivity contribution is -0.133. The molecule has 1 saturated carbocycles. The topological polar surface area (TPSA) is 35.6 Å². The lowest BCUT2D eigenvalue weighted by Gasteiger charge is -2.33. The standard InChI is InChI=1S/C17H33N3O/c1-4-20(16-5-6-16)17(21)13-19-9-7-15(8-10-19)12-18-11-14(2)3/h14-16,18H,4-13H2,1-3H3. The van der Waals surface area contributed by atoms with E-state index < -0.39 is 0 Å². The second-order valence-electron chi connectivity index (χ2n) is 7.18. The number of nitrogens with zero attached hydrogens (tertiary/aromatic N) is 2. The van der Waals surface area contributed by atoms with Crippen LogP contribution in [0.2, 0.25) is 0 Å². The monoisotopic (exact) mass is 295 g/mol. The summed E-state index contributed by atoms with van der Waals surface area (Å²) in [6.07, 6.45) is 4.88. The van der Waals surface area contributed by atoms with Gasteiger partial charge in [0.05, 0.1) is 6.54 Å².